The monoisotopic (exact) mass is 428 g/mol. The van der Waals surface area contributed by atoms with Crippen LogP contribution in [0.5, 0.6) is 11.5 Å². The summed E-state index contributed by atoms with van der Waals surface area (Å²) in [6.07, 6.45) is 2.11. The molecule has 1 fully saturated rings. The molecular weight excluding hydrogens is 400 g/mol. The molecule has 0 bridgehead atoms. The molecule has 1 aliphatic carbocycles. The number of rotatable bonds is 9. The van der Waals surface area contributed by atoms with Crippen molar-refractivity contribution in [2.24, 2.45) is 5.92 Å². The molecule has 1 amide bonds. The molecule has 0 aromatic heterocycles. The third kappa shape index (κ3) is 5.37. The fourth-order valence-corrected chi connectivity index (χ4v) is 3.71. The number of allylic oxidation sites excluding steroid dienone is 1. The summed E-state index contributed by atoms with van der Waals surface area (Å²) in [4.78, 5) is 13.6. The van der Waals surface area contributed by atoms with Crippen LogP contribution in [0.25, 0.3) is 11.1 Å². The van der Waals surface area contributed by atoms with E-state index >= 15 is 0 Å². The molecule has 0 unspecified atom stereocenters. The average molecular weight is 429 g/mol. The van der Waals surface area contributed by atoms with Crippen molar-refractivity contribution in [2.45, 2.75) is 12.8 Å². The van der Waals surface area contributed by atoms with E-state index in [2.05, 4.69) is 10.6 Å². The summed E-state index contributed by atoms with van der Waals surface area (Å²) in [5.74, 6) is 1.17. The number of amides is 1. The zero-order valence-electron chi connectivity index (χ0n) is 18.2. The highest BCUT2D eigenvalue weighted by Crippen LogP contribution is 2.46. The lowest BCUT2D eigenvalue weighted by atomic mass is 9.90. The lowest BCUT2D eigenvalue weighted by molar-refractivity contribution is -0.111. The van der Waals surface area contributed by atoms with Gasteiger partial charge in [-0.15, -0.1) is 0 Å². The molecule has 3 aromatic rings. The van der Waals surface area contributed by atoms with E-state index in [9.17, 15) is 9.90 Å². The number of hydrogen-bond acceptors (Lipinski definition) is 4. The van der Waals surface area contributed by atoms with E-state index in [1.54, 1.807) is 12.1 Å². The zero-order valence-corrected chi connectivity index (χ0v) is 18.2. The second-order valence-electron chi connectivity index (χ2n) is 7.91. The first-order valence-electron chi connectivity index (χ1n) is 10.9. The van der Waals surface area contributed by atoms with E-state index in [-0.39, 0.29) is 11.7 Å². The van der Waals surface area contributed by atoms with Crippen LogP contribution in [0, 0.1) is 5.92 Å². The van der Waals surface area contributed by atoms with Crippen LogP contribution in [-0.4, -0.2) is 31.2 Å². The SMILES string of the molecule is CNCCOc1ccc(NC(=O)/C(=C(\c2ccc(O)cc2)C2CC2)c2ccccc2)cc1. The lowest BCUT2D eigenvalue weighted by Crippen LogP contribution is -2.16. The van der Waals surface area contributed by atoms with Crippen molar-refractivity contribution in [1.29, 1.82) is 0 Å². The highest BCUT2D eigenvalue weighted by atomic mass is 16.5. The van der Waals surface area contributed by atoms with Crippen molar-refractivity contribution < 1.29 is 14.6 Å². The molecule has 0 spiro atoms. The molecular formula is C27H28N2O3. The van der Waals surface area contributed by atoms with Gasteiger partial charge in [-0.1, -0.05) is 42.5 Å². The number of benzene rings is 3. The van der Waals surface area contributed by atoms with Crippen molar-refractivity contribution in [3.8, 4) is 11.5 Å². The van der Waals surface area contributed by atoms with Crippen LogP contribution in [0.4, 0.5) is 5.69 Å². The predicted octanol–water partition coefficient (Wildman–Crippen LogP) is 4.95. The molecule has 0 atom stereocenters. The Hall–Kier alpha value is -3.57. The highest BCUT2D eigenvalue weighted by molar-refractivity contribution is 6.31. The summed E-state index contributed by atoms with van der Waals surface area (Å²) in [6, 6.07) is 24.3. The Morgan fingerprint density at radius 1 is 0.938 bits per heavy atom. The molecule has 3 aromatic carbocycles. The highest BCUT2D eigenvalue weighted by Gasteiger charge is 2.32. The first-order chi connectivity index (χ1) is 15.7. The van der Waals surface area contributed by atoms with Gasteiger partial charge >= 0.3 is 0 Å². The van der Waals surface area contributed by atoms with Gasteiger partial charge in [0.2, 0.25) is 0 Å². The Morgan fingerprint density at radius 3 is 2.25 bits per heavy atom. The number of anilines is 1. The smallest absolute Gasteiger partial charge is 0.256 e. The average Bonchev–Trinajstić information content (AvgIpc) is 3.65. The van der Waals surface area contributed by atoms with Crippen molar-refractivity contribution in [1.82, 2.24) is 5.32 Å². The summed E-state index contributed by atoms with van der Waals surface area (Å²) in [5.41, 5.74) is 4.26. The molecule has 5 nitrogen and oxygen atoms in total. The van der Waals surface area contributed by atoms with E-state index in [1.807, 2.05) is 73.8 Å². The van der Waals surface area contributed by atoms with E-state index in [0.29, 0.717) is 23.8 Å². The van der Waals surface area contributed by atoms with Crippen LogP contribution >= 0.6 is 0 Å². The van der Waals surface area contributed by atoms with Gasteiger partial charge in [-0.2, -0.15) is 0 Å². The molecule has 5 heteroatoms. The summed E-state index contributed by atoms with van der Waals surface area (Å²) < 4.78 is 5.66. The van der Waals surface area contributed by atoms with Crippen LogP contribution in [0.2, 0.25) is 0 Å². The van der Waals surface area contributed by atoms with Crippen molar-refractivity contribution >= 4 is 22.7 Å². The van der Waals surface area contributed by atoms with Crippen LogP contribution in [0.15, 0.2) is 78.9 Å². The normalized spacial score (nSPS) is 13.9. The molecule has 4 rings (SSSR count). The molecule has 0 radical (unpaired) electrons. The minimum absolute atomic E-state index is 0.143. The molecule has 0 aliphatic heterocycles. The van der Waals surface area contributed by atoms with Crippen LogP contribution in [-0.2, 0) is 4.79 Å². The van der Waals surface area contributed by atoms with Crippen molar-refractivity contribution in [3.63, 3.8) is 0 Å². The van der Waals surface area contributed by atoms with E-state index < -0.39 is 0 Å². The lowest BCUT2D eigenvalue weighted by Gasteiger charge is -2.17. The number of nitrogens with one attached hydrogen (secondary N) is 2. The Balaban J connectivity index is 1.66. The Bertz CT molecular complexity index is 1070. The third-order valence-corrected chi connectivity index (χ3v) is 5.46. The van der Waals surface area contributed by atoms with Gasteiger partial charge in [-0.05, 0) is 78.9 Å². The van der Waals surface area contributed by atoms with Gasteiger partial charge in [-0.3, -0.25) is 4.79 Å². The van der Waals surface area contributed by atoms with Gasteiger partial charge in [0.1, 0.15) is 18.1 Å². The Kier molecular flexibility index (Phi) is 6.87. The quantitative estimate of drug-likeness (QED) is 0.256. The van der Waals surface area contributed by atoms with Gasteiger partial charge in [0.05, 0.1) is 5.57 Å². The molecule has 0 saturated heterocycles. The van der Waals surface area contributed by atoms with E-state index in [4.69, 9.17) is 4.74 Å². The number of carbonyl (C=O) groups is 1. The van der Waals surface area contributed by atoms with Crippen LogP contribution < -0.4 is 15.4 Å². The molecule has 32 heavy (non-hydrogen) atoms. The standard InChI is InChI=1S/C27H28N2O3/c1-28-17-18-32-24-15-11-22(12-16-24)29-27(31)26(19-5-3-2-4-6-19)25(20-7-8-20)21-9-13-23(30)14-10-21/h2-6,9-16,20,28,30H,7-8,17-18H2,1H3,(H,29,31)/b26-25-. The zero-order chi connectivity index (χ0) is 22.3. The number of aromatic hydroxyl groups is 1. The summed E-state index contributed by atoms with van der Waals surface area (Å²) in [5, 5.41) is 15.8. The third-order valence-electron chi connectivity index (χ3n) is 5.46. The summed E-state index contributed by atoms with van der Waals surface area (Å²) in [6.45, 7) is 1.35. The van der Waals surface area contributed by atoms with Crippen LogP contribution in [0.3, 0.4) is 0 Å². The summed E-state index contributed by atoms with van der Waals surface area (Å²) in [7, 11) is 1.88. The molecule has 1 aliphatic rings. The first kappa shape index (κ1) is 21.7. The maximum absolute atomic E-state index is 13.6. The predicted molar refractivity (Wildman–Crippen MR) is 129 cm³/mol. The summed E-state index contributed by atoms with van der Waals surface area (Å²) >= 11 is 0. The molecule has 3 N–H and O–H groups in total. The number of ether oxygens (including phenoxy) is 1. The first-order valence-corrected chi connectivity index (χ1v) is 10.9. The maximum Gasteiger partial charge on any atom is 0.256 e. The Morgan fingerprint density at radius 2 is 1.62 bits per heavy atom. The molecule has 1 saturated carbocycles. The maximum atomic E-state index is 13.6. The largest absolute Gasteiger partial charge is 0.508 e. The number of phenolic OH excluding ortho intramolecular Hbond substituents is 1. The minimum Gasteiger partial charge on any atom is -0.508 e. The minimum atomic E-state index is -0.143. The van der Waals surface area contributed by atoms with Gasteiger partial charge in [0.25, 0.3) is 5.91 Å². The van der Waals surface area contributed by atoms with Gasteiger partial charge in [0.15, 0.2) is 0 Å². The van der Waals surface area contributed by atoms with Gasteiger partial charge in [-0.25, -0.2) is 0 Å². The second kappa shape index (κ2) is 10.2. The number of carbonyl (C=O) groups excluding carboxylic acids is 1. The fraction of sp³-hybridized carbons (Fsp3) is 0.222. The number of hydrogen-bond donors (Lipinski definition) is 3. The fourth-order valence-electron chi connectivity index (χ4n) is 3.71. The van der Waals surface area contributed by atoms with Gasteiger partial charge < -0.3 is 20.5 Å². The second-order valence-corrected chi connectivity index (χ2v) is 7.91. The van der Waals surface area contributed by atoms with Crippen molar-refractivity contribution in [2.75, 3.05) is 25.5 Å². The van der Waals surface area contributed by atoms with Crippen molar-refractivity contribution in [3.05, 3.63) is 90.0 Å². The van der Waals surface area contributed by atoms with Gasteiger partial charge in [0, 0.05) is 12.2 Å². The Labute approximate surface area is 188 Å². The number of likely N-dealkylation sites (N-methyl/N-ethyl adjacent to an activating group) is 1. The van der Waals surface area contributed by atoms with E-state index in [1.165, 1.54) is 0 Å². The molecule has 0 heterocycles. The topological polar surface area (TPSA) is 70.6 Å². The number of phenols is 1. The van der Waals surface area contributed by atoms with E-state index in [0.717, 1.165) is 41.8 Å². The van der Waals surface area contributed by atoms with Crippen LogP contribution in [0.1, 0.15) is 24.0 Å². The molecule has 164 valence electrons.